The van der Waals surface area contributed by atoms with Crippen LogP contribution in [-0.4, -0.2) is 49.8 Å². The molecule has 0 aromatic heterocycles. The lowest BCUT2D eigenvalue weighted by Gasteiger charge is -2.33. The maximum atomic E-state index is 12.2. The van der Waals surface area contributed by atoms with Gasteiger partial charge in [-0.1, -0.05) is 0 Å². The summed E-state index contributed by atoms with van der Waals surface area (Å²) >= 11 is 0. The molecule has 6 heteroatoms. The monoisotopic (exact) mass is 247 g/mol. The highest BCUT2D eigenvalue weighted by atomic mass is 32.2. The lowest BCUT2D eigenvalue weighted by atomic mass is 9.99. The minimum absolute atomic E-state index is 0.505. The largest absolute Gasteiger partial charge is 0.330 e. The van der Waals surface area contributed by atoms with Gasteiger partial charge >= 0.3 is 0 Å². The van der Waals surface area contributed by atoms with Crippen molar-refractivity contribution in [2.75, 3.05) is 32.7 Å². The lowest BCUT2D eigenvalue weighted by Crippen LogP contribution is -2.46. The molecule has 0 aliphatic carbocycles. The molecule has 0 unspecified atom stereocenters. The van der Waals surface area contributed by atoms with Crippen molar-refractivity contribution in [3.63, 3.8) is 0 Å². The second kappa shape index (κ2) is 5.00. The predicted molar refractivity (Wildman–Crippen MR) is 63.1 cm³/mol. The Morgan fingerprint density at radius 2 is 1.50 bits per heavy atom. The van der Waals surface area contributed by atoms with Crippen LogP contribution in [0.1, 0.15) is 25.7 Å². The second-order valence-corrected chi connectivity index (χ2v) is 6.62. The van der Waals surface area contributed by atoms with Crippen LogP contribution in [0.3, 0.4) is 0 Å². The normalized spacial score (nSPS) is 26.3. The van der Waals surface area contributed by atoms with Crippen molar-refractivity contribution in [3.8, 4) is 0 Å². The third kappa shape index (κ3) is 2.40. The van der Waals surface area contributed by atoms with E-state index in [4.69, 9.17) is 5.73 Å². The molecule has 2 heterocycles. The molecule has 94 valence electrons. The topological polar surface area (TPSA) is 66.6 Å². The van der Waals surface area contributed by atoms with E-state index in [0.717, 1.165) is 25.7 Å². The number of piperidine rings is 1. The van der Waals surface area contributed by atoms with Gasteiger partial charge in [0.2, 0.25) is 0 Å². The van der Waals surface area contributed by atoms with Crippen LogP contribution < -0.4 is 5.73 Å². The van der Waals surface area contributed by atoms with Gasteiger partial charge in [0.05, 0.1) is 0 Å². The summed E-state index contributed by atoms with van der Waals surface area (Å²) in [4.78, 5) is 0. The van der Waals surface area contributed by atoms with Crippen LogP contribution in [0.4, 0.5) is 0 Å². The zero-order valence-electron chi connectivity index (χ0n) is 9.64. The van der Waals surface area contributed by atoms with Gasteiger partial charge in [-0.2, -0.15) is 17.0 Å². The number of rotatable bonds is 3. The molecule has 16 heavy (non-hydrogen) atoms. The fraction of sp³-hybridized carbons (Fsp3) is 1.00. The van der Waals surface area contributed by atoms with Crippen LogP contribution in [0.2, 0.25) is 0 Å². The average molecular weight is 247 g/mol. The van der Waals surface area contributed by atoms with Gasteiger partial charge in [0.15, 0.2) is 0 Å². The Labute approximate surface area is 97.8 Å². The van der Waals surface area contributed by atoms with Crippen molar-refractivity contribution in [1.29, 1.82) is 0 Å². The fourth-order valence-corrected chi connectivity index (χ4v) is 4.18. The van der Waals surface area contributed by atoms with E-state index in [2.05, 4.69) is 0 Å². The van der Waals surface area contributed by atoms with Crippen molar-refractivity contribution < 1.29 is 8.42 Å². The predicted octanol–water partition coefficient (Wildman–Crippen LogP) is -0.00230. The standard InChI is InChI=1S/C10H21N3O2S/c11-9-10-3-7-13(8-4-10)16(14,15)12-5-1-2-6-12/h10H,1-9,11H2. The van der Waals surface area contributed by atoms with Crippen LogP contribution in [0.15, 0.2) is 0 Å². The molecule has 2 N–H and O–H groups in total. The van der Waals surface area contributed by atoms with E-state index < -0.39 is 10.2 Å². The van der Waals surface area contributed by atoms with Crippen LogP contribution in [0, 0.1) is 5.92 Å². The van der Waals surface area contributed by atoms with E-state index in [9.17, 15) is 8.42 Å². The van der Waals surface area contributed by atoms with Crippen molar-refractivity contribution in [1.82, 2.24) is 8.61 Å². The minimum atomic E-state index is -3.17. The van der Waals surface area contributed by atoms with Crippen LogP contribution >= 0.6 is 0 Å². The summed E-state index contributed by atoms with van der Waals surface area (Å²) < 4.78 is 27.7. The van der Waals surface area contributed by atoms with Gasteiger partial charge in [-0.25, -0.2) is 0 Å². The van der Waals surface area contributed by atoms with Crippen molar-refractivity contribution in [2.24, 2.45) is 11.7 Å². The Kier molecular flexibility index (Phi) is 3.84. The van der Waals surface area contributed by atoms with Crippen LogP contribution in [0.25, 0.3) is 0 Å². The zero-order chi connectivity index (χ0) is 11.6. The molecule has 0 saturated carbocycles. The van der Waals surface area contributed by atoms with E-state index in [1.165, 1.54) is 0 Å². The molecule has 0 aromatic carbocycles. The molecule has 2 rings (SSSR count). The van der Waals surface area contributed by atoms with Gasteiger partial charge in [0.25, 0.3) is 10.2 Å². The molecular formula is C10H21N3O2S. The van der Waals surface area contributed by atoms with Crippen LogP contribution in [-0.2, 0) is 10.2 Å². The number of hydrogen-bond donors (Lipinski definition) is 1. The highest BCUT2D eigenvalue weighted by Gasteiger charge is 2.33. The Balaban J connectivity index is 1.97. The van der Waals surface area contributed by atoms with E-state index in [-0.39, 0.29) is 0 Å². The first-order chi connectivity index (χ1) is 7.64. The molecule has 0 bridgehead atoms. The lowest BCUT2D eigenvalue weighted by molar-refractivity contribution is 0.263. The molecule has 2 aliphatic heterocycles. The summed E-state index contributed by atoms with van der Waals surface area (Å²) in [6.45, 7) is 3.34. The first-order valence-electron chi connectivity index (χ1n) is 6.10. The maximum Gasteiger partial charge on any atom is 0.281 e. The van der Waals surface area contributed by atoms with Crippen molar-refractivity contribution in [3.05, 3.63) is 0 Å². The Morgan fingerprint density at radius 1 is 1.00 bits per heavy atom. The zero-order valence-corrected chi connectivity index (χ0v) is 10.5. The summed E-state index contributed by atoms with van der Waals surface area (Å²) in [5.74, 6) is 0.505. The summed E-state index contributed by atoms with van der Waals surface area (Å²) in [5.41, 5.74) is 5.60. The van der Waals surface area contributed by atoms with Crippen molar-refractivity contribution in [2.45, 2.75) is 25.7 Å². The molecule has 2 aliphatic rings. The van der Waals surface area contributed by atoms with Gasteiger partial charge in [0.1, 0.15) is 0 Å². The first-order valence-corrected chi connectivity index (χ1v) is 7.49. The minimum Gasteiger partial charge on any atom is -0.330 e. The van der Waals surface area contributed by atoms with E-state index in [0.29, 0.717) is 38.6 Å². The second-order valence-electron chi connectivity index (χ2n) is 4.69. The molecule has 0 spiro atoms. The maximum absolute atomic E-state index is 12.2. The van der Waals surface area contributed by atoms with Gasteiger partial charge in [-0.05, 0) is 38.1 Å². The average Bonchev–Trinajstić information content (AvgIpc) is 2.83. The first kappa shape index (κ1) is 12.3. The summed E-state index contributed by atoms with van der Waals surface area (Å²) in [5, 5.41) is 0. The van der Waals surface area contributed by atoms with Gasteiger partial charge in [-0.3, -0.25) is 0 Å². The summed E-state index contributed by atoms with van der Waals surface area (Å²) in [6.07, 6.45) is 3.81. The Hall–Kier alpha value is -0.170. The van der Waals surface area contributed by atoms with Crippen LogP contribution in [0.5, 0.6) is 0 Å². The van der Waals surface area contributed by atoms with E-state index in [1.807, 2.05) is 0 Å². The number of nitrogens with two attached hydrogens (primary N) is 1. The molecule has 0 radical (unpaired) electrons. The molecule has 5 nitrogen and oxygen atoms in total. The van der Waals surface area contributed by atoms with Gasteiger partial charge < -0.3 is 5.73 Å². The Bertz CT molecular complexity index is 317. The quantitative estimate of drug-likeness (QED) is 0.763. The molecular weight excluding hydrogens is 226 g/mol. The third-order valence-electron chi connectivity index (χ3n) is 3.62. The highest BCUT2D eigenvalue weighted by molar-refractivity contribution is 7.86. The van der Waals surface area contributed by atoms with Crippen molar-refractivity contribution >= 4 is 10.2 Å². The molecule has 0 atom stereocenters. The smallest absolute Gasteiger partial charge is 0.281 e. The van der Waals surface area contributed by atoms with E-state index >= 15 is 0 Å². The van der Waals surface area contributed by atoms with Gasteiger partial charge in [-0.15, -0.1) is 0 Å². The fourth-order valence-electron chi connectivity index (χ4n) is 2.46. The molecule has 2 saturated heterocycles. The highest BCUT2D eigenvalue weighted by Crippen LogP contribution is 2.22. The Morgan fingerprint density at radius 3 is 2.00 bits per heavy atom. The van der Waals surface area contributed by atoms with E-state index in [1.54, 1.807) is 8.61 Å². The van der Waals surface area contributed by atoms with Gasteiger partial charge in [0, 0.05) is 26.2 Å². The summed E-state index contributed by atoms with van der Waals surface area (Å²) in [6, 6.07) is 0. The third-order valence-corrected chi connectivity index (χ3v) is 5.66. The molecule has 2 fully saturated rings. The SMILES string of the molecule is NCC1CCN(S(=O)(=O)N2CCCC2)CC1. The summed E-state index contributed by atoms with van der Waals surface area (Å²) in [7, 11) is -3.17. The molecule has 0 aromatic rings. The number of hydrogen-bond acceptors (Lipinski definition) is 3. The molecule has 0 amide bonds. The number of nitrogens with zero attached hydrogens (tertiary/aromatic N) is 2.